The molecule has 4 heteroatoms. The fraction of sp³-hybridized carbons (Fsp3) is 0.409. The van der Waals surface area contributed by atoms with Crippen LogP contribution >= 0.6 is 0 Å². The predicted octanol–water partition coefficient (Wildman–Crippen LogP) is 4.80. The molecular formula is C22H27NO3. The Morgan fingerprint density at radius 1 is 1.15 bits per heavy atom. The highest BCUT2D eigenvalue weighted by Crippen LogP contribution is 2.35. The summed E-state index contributed by atoms with van der Waals surface area (Å²) in [5, 5.41) is 3.01. The van der Waals surface area contributed by atoms with Gasteiger partial charge in [-0.1, -0.05) is 43.7 Å². The fourth-order valence-corrected chi connectivity index (χ4v) is 3.61. The predicted molar refractivity (Wildman–Crippen MR) is 103 cm³/mol. The molecule has 1 aliphatic rings. The first-order valence-electron chi connectivity index (χ1n) is 9.25. The van der Waals surface area contributed by atoms with Crippen molar-refractivity contribution in [3.63, 3.8) is 0 Å². The molecule has 0 bridgehead atoms. The number of benzene rings is 2. The number of rotatable bonds is 6. The molecule has 0 aliphatic heterocycles. The van der Waals surface area contributed by atoms with Gasteiger partial charge in [-0.05, 0) is 55.0 Å². The van der Waals surface area contributed by atoms with E-state index in [2.05, 4.69) is 12.2 Å². The zero-order valence-electron chi connectivity index (χ0n) is 15.5. The Morgan fingerprint density at radius 3 is 2.54 bits per heavy atom. The molecule has 4 nitrogen and oxygen atoms in total. The van der Waals surface area contributed by atoms with Crippen molar-refractivity contribution in [2.75, 3.05) is 12.4 Å². The van der Waals surface area contributed by atoms with Crippen molar-refractivity contribution in [1.82, 2.24) is 0 Å². The number of carbonyl (C=O) groups is 1. The molecule has 0 spiro atoms. The number of methoxy groups -OCH3 is 1. The molecule has 0 aromatic heterocycles. The average molecular weight is 353 g/mol. The highest BCUT2D eigenvalue weighted by atomic mass is 16.5. The Hall–Kier alpha value is -2.33. The fourth-order valence-electron chi connectivity index (χ4n) is 3.61. The number of anilines is 1. The van der Waals surface area contributed by atoms with E-state index in [4.69, 9.17) is 9.47 Å². The van der Waals surface area contributed by atoms with Gasteiger partial charge < -0.3 is 14.8 Å². The lowest BCUT2D eigenvalue weighted by molar-refractivity contribution is -0.143. The number of hydrogen-bond donors (Lipinski definition) is 1. The second-order valence-electron chi connectivity index (χ2n) is 7.15. The van der Waals surface area contributed by atoms with Gasteiger partial charge in [-0.2, -0.15) is 0 Å². The van der Waals surface area contributed by atoms with E-state index in [9.17, 15) is 4.79 Å². The molecule has 0 unspecified atom stereocenters. The number of ether oxygens (including phenoxy) is 2. The first kappa shape index (κ1) is 18.5. The van der Waals surface area contributed by atoms with Crippen LogP contribution in [0.25, 0.3) is 0 Å². The minimum Gasteiger partial charge on any atom is -0.489 e. The summed E-state index contributed by atoms with van der Waals surface area (Å²) in [6, 6.07) is 17.5. The third kappa shape index (κ3) is 4.44. The van der Waals surface area contributed by atoms with Crippen molar-refractivity contribution in [3.05, 3.63) is 60.2 Å². The first-order chi connectivity index (χ1) is 12.6. The van der Waals surface area contributed by atoms with E-state index in [1.165, 1.54) is 0 Å². The maximum Gasteiger partial charge on any atom is 0.256 e. The van der Waals surface area contributed by atoms with Gasteiger partial charge in [0.25, 0.3) is 5.91 Å². The molecule has 138 valence electrons. The number of amides is 1. The minimum absolute atomic E-state index is 0.0514. The zero-order valence-corrected chi connectivity index (χ0v) is 15.5. The monoisotopic (exact) mass is 353 g/mol. The summed E-state index contributed by atoms with van der Waals surface area (Å²) in [6.45, 7) is 2.70. The highest BCUT2D eigenvalue weighted by Gasteiger charge is 2.41. The minimum atomic E-state index is -0.708. The van der Waals surface area contributed by atoms with Crippen molar-refractivity contribution >= 4 is 11.6 Å². The number of carbonyl (C=O) groups excluding carboxylic acids is 1. The van der Waals surface area contributed by atoms with E-state index in [-0.39, 0.29) is 5.91 Å². The highest BCUT2D eigenvalue weighted by molar-refractivity contribution is 5.97. The van der Waals surface area contributed by atoms with Crippen LogP contribution in [0.1, 0.15) is 38.2 Å². The lowest BCUT2D eigenvalue weighted by Gasteiger charge is -2.37. The molecule has 26 heavy (non-hydrogen) atoms. The Kier molecular flexibility index (Phi) is 5.94. The molecule has 0 heterocycles. The molecule has 1 fully saturated rings. The SMILES string of the molecule is CO[C@]1(C(=O)Nc2ccc(OCc3ccccc3)cc2)CCC[C@@H](C)C1. The van der Waals surface area contributed by atoms with E-state index in [1.54, 1.807) is 7.11 Å². The molecule has 1 aliphatic carbocycles. The molecule has 1 N–H and O–H groups in total. The van der Waals surface area contributed by atoms with Crippen molar-refractivity contribution in [3.8, 4) is 5.75 Å². The van der Waals surface area contributed by atoms with Crippen LogP contribution in [0, 0.1) is 5.92 Å². The summed E-state index contributed by atoms with van der Waals surface area (Å²) in [7, 11) is 1.64. The van der Waals surface area contributed by atoms with E-state index in [0.29, 0.717) is 12.5 Å². The molecule has 2 aromatic carbocycles. The van der Waals surface area contributed by atoms with Gasteiger partial charge >= 0.3 is 0 Å². The summed E-state index contributed by atoms with van der Waals surface area (Å²) in [6.07, 6.45) is 3.73. The Balaban J connectivity index is 1.59. The average Bonchev–Trinajstić information content (AvgIpc) is 2.68. The number of nitrogens with one attached hydrogen (secondary N) is 1. The van der Waals surface area contributed by atoms with Crippen LogP contribution in [0.2, 0.25) is 0 Å². The van der Waals surface area contributed by atoms with E-state index >= 15 is 0 Å². The molecule has 2 aromatic rings. The van der Waals surface area contributed by atoms with Crippen LogP contribution in [0.4, 0.5) is 5.69 Å². The van der Waals surface area contributed by atoms with E-state index in [1.807, 2.05) is 54.6 Å². The van der Waals surface area contributed by atoms with Crippen molar-refractivity contribution in [2.45, 2.75) is 44.8 Å². The second-order valence-corrected chi connectivity index (χ2v) is 7.15. The van der Waals surface area contributed by atoms with Gasteiger partial charge in [0.05, 0.1) is 0 Å². The number of hydrogen-bond acceptors (Lipinski definition) is 3. The second kappa shape index (κ2) is 8.37. The molecule has 1 saturated carbocycles. The smallest absolute Gasteiger partial charge is 0.256 e. The van der Waals surface area contributed by atoms with Crippen LogP contribution in [0.3, 0.4) is 0 Å². The lowest BCUT2D eigenvalue weighted by atomic mass is 9.78. The largest absolute Gasteiger partial charge is 0.489 e. The van der Waals surface area contributed by atoms with Gasteiger partial charge in [0.15, 0.2) is 0 Å². The third-order valence-corrected chi connectivity index (χ3v) is 5.12. The van der Waals surface area contributed by atoms with Crippen LogP contribution in [0.15, 0.2) is 54.6 Å². The van der Waals surface area contributed by atoms with Gasteiger partial charge in [0.2, 0.25) is 0 Å². The van der Waals surface area contributed by atoms with Crippen molar-refractivity contribution in [2.24, 2.45) is 5.92 Å². The van der Waals surface area contributed by atoms with Gasteiger partial charge in [0.1, 0.15) is 18.0 Å². The van der Waals surface area contributed by atoms with Crippen LogP contribution in [-0.4, -0.2) is 18.6 Å². The van der Waals surface area contributed by atoms with Crippen LogP contribution in [0.5, 0.6) is 5.75 Å². The van der Waals surface area contributed by atoms with Crippen LogP contribution in [-0.2, 0) is 16.1 Å². The molecular weight excluding hydrogens is 326 g/mol. The normalized spacial score (nSPS) is 22.6. The molecule has 0 saturated heterocycles. The zero-order chi connectivity index (χ0) is 18.4. The van der Waals surface area contributed by atoms with Crippen molar-refractivity contribution in [1.29, 1.82) is 0 Å². The molecule has 3 rings (SSSR count). The lowest BCUT2D eigenvalue weighted by Crippen LogP contribution is -2.47. The summed E-state index contributed by atoms with van der Waals surface area (Å²) in [4.78, 5) is 12.8. The van der Waals surface area contributed by atoms with E-state index < -0.39 is 5.60 Å². The quantitative estimate of drug-likeness (QED) is 0.811. The Morgan fingerprint density at radius 2 is 1.88 bits per heavy atom. The Bertz CT molecular complexity index is 714. The Labute approximate surface area is 155 Å². The summed E-state index contributed by atoms with van der Waals surface area (Å²) < 4.78 is 11.4. The van der Waals surface area contributed by atoms with Crippen LogP contribution < -0.4 is 10.1 Å². The standard InChI is InChI=1S/C22H27NO3/c1-17-7-6-14-22(15-17,25-2)21(24)23-19-10-12-20(13-11-19)26-16-18-8-4-3-5-9-18/h3-5,8-13,17H,6-7,14-16H2,1-2H3,(H,23,24)/t17-,22-/m1/s1. The first-order valence-corrected chi connectivity index (χ1v) is 9.25. The van der Waals surface area contributed by atoms with Gasteiger partial charge in [0, 0.05) is 12.8 Å². The maximum absolute atomic E-state index is 12.8. The summed E-state index contributed by atoms with van der Waals surface area (Å²) in [5.74, 6) is 1.23. The van der Waals surface area contributed by atoms with Crippen molar-refractivity contribution < 1.29 is 14.3 Å². The third-order valence-electron chi connectivity index (χ3n) is 5.12. The van der Waals surface area contributed by atoms with E-state index in [0.717, 1.165) is 42.7 Å². The van der Waals surface area contributed by atoms with Gasteiger partial charge in [-0.25, -0.2) is 0 Å². The molecule has 1 amide bonds. The maximum atomic E-state index is 12.8. The van der Waals surface area contributed by atoms with Gasteiger partial charge in [-0.15, -0.1) is 0 Å². The molecule has 0 radical (unpaired) electrons. The summed E-state index contributed by atoms with van der Waals surface area (Å²) in [5.41, 5.74) is 1.18. The summed E-state index contributed by atoms with van der Waals surface area (Å²) >= 11 is 0. The molecule has 2 atom stereocenters. The topological polar surface area (TPSA) is 47.6 Å². The van der Waals surface area contributed by atoms with Gasteiger partial charge in [-0.3, -0.25) is 4.79 Å².